The van der Waals surface area contributed by atoms with Gasteiger partial charge in [0.05, 0.1) is 0 Å². The molecule has 1 aromatic carbocycles. The lowest BCUT2D eigenvalue weighted by Gasteiger charge is -2.19. The van der Waals surface area contributed by atoms with E-state index in [1.165, 1.54) is 18.4 Å². The third-order valence-electron chi connectivity index (χ3n) is 4.25. The van der Waals surface area contributed by atoms with Gasteiger partial charge in [-0.15, -0.1) is 0 Å². The van der Waals surface area contributed by atoms with Crippen LogP contribution in [-0.2, 0) is 6.42 Å². The summed E-state index contributed by atoms with van der Waals surface area (Å²) in [6.45, 7) is 10.2. The zero-order chi connectivity index (χ0) is 12.4. The first-order chi connectivity index (χ1) is 8.19. The first-order valence-electron chi connectivity index (χ1n) is 7.05. The van der Waals surface area contributed by atoms with Crippen LogP contribution in [0.1, 0.15) is 62.8 Å². The van der Waals surface area contributed by atoms with E-state index in [4.69, 9.17) is 0 Å². The molecule has 0 amide bonds. The molecule has 1 aliphatic carbocycles. The molecule has 3 unspecified atom stereocenters. The minimum Gasteiger partial charge on any atom is -0.310 e. The van der Waals surface area contributed by atoms with Gasteiger partial charge in [0.15, 0.2) is 0 Å². The van der Waals surface area contributed by atoms with Crippen molar-refractivity contribution in [2.75, 3.05) is 6.54 Å². The summed E-state index contributed by atoms with van der Waals surface area (Å²) >= 11 is 0. The molecular formula is C16H25N. The number of hydrogen-bond donors (Lipinski definition) is 1. The van der Waals surface area contributed by atoms with E-state index >= 15 is 0 Å². The molecule has 17 heavy (non-hydrogen) atoms. The zero-order valence-corrected chi connectivity index (χ0v) is 11.6. The summed E-state index contributed by atoms with van der Waals surface area (Å²) in [7, 11) is 0. The van der Waals surface area contributed by atoms with Crippen molar-refractivity contribution in [1.29, 1.82) is 0 Å². The monoisotopic (exact) mass is 231 g/mol. The quantitative estimate of drug-likeness (QED) is 0.824. The number of rotatable bonds is 4. The van der Waals surface area contributed by atoms with Crippen molar-refractivity contribution in [2.24, 2.45) is 5.92 Å². The summed E-state index contributed by atoms with van der Waals surface area (Å²) < 4.78 is 0. The average Bonchev–Trinajstić information content (AvgIpc) is 2.55. The maximum absolute atomic E-state index is 3.65. The highest BCUT2D eigenvalue weighted by Crippen LogP contribution is 2.44. The molecule has 2 rings (SSSR count). The van der Waals surface area contributed by atoms with Crippen molar-refractivity contribution in [3.63, 3.8) is 0 Å². The Kier molecular flexibility index (Phi) is 3.88. The van der Waals surface area contributed by atoms with Crippen LogP contribution >= 0.6 is 0 Å². The van der Waals surface area contributed by atoms with Crippen LogP contribution < -0.4 is 5.32 Å². The molecule has 0 radical (unpaired) electrons. The summed E-state index contributed by atoms with van der Waals surface area (Å²) in [6, 6.07) is 7.67. The Hall–Kier alpha value is -0.820. The van der Waals surface area contributed by atoms with Crippen molar-refractivity contribution < 1.29 is 0 Å². The molecule has 0 aromatic heterocycles. The van der Waals surface area contributed by atoms with E-state index in [0.29, 0.717) is 17.9 Å². The molecule has 0 aliphatic heterocycles. The van der Waals surface area contributed by atoms with Crippen molar-refractivity contribution in [3.8, 4) is 0 Å². The van der Waals surface area contributed by atoms with Gasteiger partial charge in [0, 0.05) is 6.04 Å². The van der Waals surface area contributed by atoms with E-state index in [9.17, 15) is 0 Å². The topological polar surface area (TPSA) is 12.0 Å². The molecule has 0 heterocycles. The standard InChI is InChI=1S/C16H25N/c1-5-7-13-8-9-14-11(3)12(4)16(17-6-2)15(14)10-13/h8-12,16-17H,5-7H2,1-4H3. The third-order valence-corrected chi connectivity index (χ3v) is 4.25. The highest BCUT2D eigenvalue weighted by atomic mass is 14.9. The van der Waals surface area contributed by atoms with Gasteiger partial charge in [0.1, 0.15) is 0 Å². The van der Waals surface area contributed by atoms with E-state index < -0.39 is 0 Å². The Labute approximate surface area is 106 Å². The number of nitrogens with one attached hydrogen (secondary N) is 1. The van der Waals surface area contributed by atoms with Crippen LogP contribution in [0.2, 0.25) is 0 Å². The molecule has 1 aromatic rings. The largest absolute Gasteiger partial charge is 0.310 e. The van der Waals surface area contributed by atoms with Gasteiger partial charge >= 0.3 is 0 Å². The van der Waals surface area contributed by atoms with Crippen LogP contribution in [0.5, 0.6) is 0 Å². The van der Waals surface area contributed by atoms with E-state index in [1.54, 1.807) is 11.1 Å². The lowest BCUT2D eigenvalue weighted by molar-refractivity contribution is 0.386. The van der Waals surface area contributed by atoms with Crippen molar-refractivity contribution in [1.82, 2.24) is 5.32 Å². The molecule has 0 saturated heterocycles. The molecule has 0 fully saturated rings. The lowest BCUT2D eigenvalue weighted by atomic mass is 9.94. The Morgan fingerprint density at radius 3 is 2.53 bits per heavy atom. The smallest absolute Gasteiger partial charge is 0.0354 e. The Morgan fingerprint density at radius 1 is 1.12 bits per heavy atom. The molecule has 0 saturated carbocycles. The fourth-order valence-electron chi connectivity index (χ4n) is 3.12. The molecular weight excluding hydrogens is 206 g/mol. The number of fused-ring (bicyclic) bond motifs is 1. The molecule has 1 heteroatoms. The summed E-state index contributed by atoms with van der Waals surface area (Å²) in [5.41, 5.74) is 4.61. The fourth-order valence-corrected chi connectivity index (χ4v) is 3.12. The Morgan fingerprint density at radius 2 is 1.88 bits per heavy atom. The second-order valence-electron chi connectivity index (χ2n) is 5.40. The van der Waals surface area contributed by atoms with Crippen LogP contribution in [0.4, 0.5) is 0 Å². The fraction of sp³-hybridized carbons (Fsp3) is 0.625. The van der Waals surface area contributed by atoms with Gasteiger partial charge in [0.2, 0.25) is 0 Å². The molecule has 0 spiro atoms. The number of benzene rings is 1. The average molecular weight is 231 g/mol. The van der Waals surface area contributed by atoms with Crippen LogP contribution in [0.3, 0.4) is 0 Å². The lowest BCUT2D eigenvalue weighted by Crippen LogP contribution is -2.24. The normalized spacial score (nSPS) is 27.2. The molecule has 3 atom stereocenters. The van der Waals surface area contributed by atoms with E-state index in [0.717, 1.165) is 6.54 Å². The van der Waals surface area contributed by atoms with E-state index in [-0.39, 0.29) is 0 Å². The number of hydrogen-bond acceptors (Lipinski definition) is 1. The maximum Gasteiger partial charge on any atom is 0.0354 e. The second kappa shape index (κ2) is 5.22. The third kappa shape index (κ3) is 2.26. The first kappa shape index (κ1) is 12.6. The highest BCUT2D eigenvalue weighted by Gasteiger charge is 2.34. The van der Waals surface area contributed by atoms with Gasteiger partial charge in [0.25, 0.3) is 0 Å². The van der Waals surface area contributed by atoms with Crippen LogP contribution in [-0.4, -0.2) is 6.54 Å². The summed E-state index contributed by atoms with van der Waals surface area (Å²) in [4.78, 5) is 0. The molecule has 1 N–H and O–H groups in total. The molecule has 1 aliphatic rings. The molecule has 1 nitrogen and oxygen atoms in total. The van der Waals surface area contributed by atoms with Gasteiger partial charge in [-0.1, -0.05) is 52.3 Å². The maximum atomic E-state index is 3.65. The molecule has 94 valence electrons. The van der Waals surface area contributed by atoms with Gasteiger partial charge in [-0.25, -0.2) is 0 Å². The molecule has 0 bridgehead atoms. The summed E-state index contributed by atoms with van der Waals surface area (Å²) in [6.07, 6.45) is 2.44. The van der Waals surface area contributed by atoms with Crippen molar-refractivity contribution >= 4 is 0 Å². The Balaban J connectivity index is 2.34. The van der Waals surface area contributed by atoms with Crippen molar-refractivity contribution in [2.45, 2.75) is 52.5 Å². The second-order valence-corrected chi connectivity index (χ2v) is 5.40. The van der Waals surface area contributed by atoms with Crippen LogP contribution in [0.25, 0.3) is 0 Å². The summed E-state index contributed by atoms with van der Waals surface area (Å²) in [5.74, 6) is 1.39. The number of aryl methyl sites for hydroxylation is 1. The Bertz CT molecular complexity index is 383. The minimum absolute atomic E-state index is 0.557. The van der Waals surface area contributed by atoms with Crippen molar-refractivity contribution in [3.05, 3.63) is 34.9 Å². The van der Waals surface area contributed by atoms with Gasteiger partial charge in [-0.3, -0.25) is 0 Å². The predicted octanol–water partition coefficient (Wildman–Crippen LogP) is 4.04. The van der Waals surface area contributed by atoms with Gasteiger partial charge in [-0.05, 0) is 41.5 Å². The first-order valence-corrected chi connectivity index (χ1v) is 7.05. The van der Waals surface area contributed by atoms with Gasteiger partial charge in [-0.2, -0.15) is 0 Å². The van der Waals surface area contributed by atoms with Crippen LogP contribution in [0, 0.1) is 5.92 Å². The minimum atomic E-state index is 0.557. The van der Waals surface area contributed by atoms with Gasteiger partial charge < -0.3 is 5.32 Å². The highest BCUT2D eigenvalue weighted by molar-refractivity contribution is 5.41. The summed E-state index contributed by atoms with van der Waals surface area (Å²) in [5, 5.41) is 3.65. The van der Waals surface area contributed by atoms with Crippen LogP contribution in [0.15, 0.2) is 18.2 Å². The van der Waals surface area contributed by atoms with E-state index in [1.807, 2.05) is 0 Å². The zero-order valence-electron chi connectivity index (χ0n) is 11.6. The predicted molar refractivity (Wildman–Crippen MR) is 74.4 cm³/mol. The SMILES string of the molecule is CCCc1ccc2c(c1)C(NCC)C(C)C2C. The van der Waals surface area contributed by atoms with E-state index in [2.05, 4.69) is 51.2 Å².